The van der Waals surface area contributed by atoms with Crippen molar-refractivity contribution in [2.75, 3.05) is 13.2 Å². The predicted octanol–water partition coefficient (Wildman–Crippen LogP) is 3.50. The van der Waals surface area contributed by atoms with E-state index in [4.69, 9.17) is 9.47 Å². The average molecular weight is 379 g/mol. The maximum absolute atomic E-state index is 12.5. The minimum absolute atomic E-state index is 0.0794. The lowest BCUT2D eigenvalue weighted by molar-refractivity contribution is -0.148. The summed E-state index contributed by atoms with van der Waals surface area (Å²) >= 11 is 1.14. The van der Waals surface area contributed by atoms with E-state index in [0.717, 1.165) is 11.8 Å². The fourth-order valence-electron chi connectivity index (χ4n) is 2.66. The van der Waals surface area contributed by atoms with Gasteiger partial charge < -0.3 is 9.47 Å². The van der Waals surface area contributed by atoms with Gasteiger partial charge in [0, 0.05) is 17.4 Å². The zero-order valence-electron chi connectivity index (χ0n) is 15.6. The van der Waals surface area contributed by atoms with Gasteiger partial charge in [-0.25, -0.2) is 9.59 Å². The van der Waals surface area contributed by atoms with E-state index in [9.17, 15) is 14.4 Å². The Morgan fingerprint density at radius 3 is 2.42 bits per heavy atom. The van der Waals surface area contributed by atoms with Crippen LogP contribution in [0.15, 0.2) is 30.3 Å². The van der Waals surface area contributed by atoms with Crippen LogP contribution in [0.2, 0.25) is 0 Å². The van der Waals surface area contributed by atoms with Crippen molar-refractivity contribution < 1.29 is 23.9 Å². The molecule has 0 bridgehead atoms. The van der Waals surface area contributed by atoms with Crippen LogP contribution in [0.4, 0.5) is 4.79 Å². The van der Waals surface area contributed by atoms with Crippen LogP contribution in [0.5, 0.6) is 0 Å². The monoisotopic (exact) mass is 379 g/mol. The molecule has 26 heavy (non-hydrogen) atoms. The van der Waals surface area contributed by atoms with Crippen LogP contribution in [0.25, 0.3) is 0 Å². The van der Waals surface area contributed by atoms with Gasteiger partial charge in [-0.2, -0.15) is 0 Å². The average Bonchev–Trinajstić information content (AvgIpc) is 2.98. The first kappa shape index (κ1) is 20.3. The Kier molecular flexibility index (Phi) is 6.69. The molecule has 0 saturated carbocycles. The second kappa shape index (κ2) is 8.58. The van der Waals surface area contributed by atoms with E-state index in [2.05, 4.69) is 0 Å². The SMILES string of the molecule is CCOC(=O)[C@@H]1C[C@@H](SC(=O)c2ccccc2)CN1C(=O)OC(C)(C)C. The van der Waals surface area contributed by atoms with Crippen molar-refractivity contribution in [2.24, 2.45) is 0 Å². The highest BCUT2D eigenvalue weighted by Gasteiger charge is 2.43. The number of hydrogen-bond acceptors (Lipinski definition) is 6. The van der Waals surface area contributed by atoms with Gasteiger partial charge in [0.1, 0.15) is 11.6 Å². The Hall–Kier alpha value is -2.02. The van der Waals surface area contributed by atoms with E-state index in [1.54, 1.807) is 52.0 Å². The number of benzene rings is 1. The van der Waals surface area contributed by atoms with Gasteiger partial charge in [-0.05, 0) is 34.1 Å². The van der Waals surface area contributed by atoms with E-state index < -0.39 is 23.7 Å². The van der Waals surface area contributed by atoms with Crippen LogP contribution in [-0.4, -0.2) is 52.1 Å². The van der Waals surface area contributed by atoms with E-state index in [0.29, 0.717) is 12.0 Å². The number of thioether (sulfide) groups is 1. The van der Waals surface area contributed by atoms with Gasteiger partial charge in [-0.1, -0.05) is 42.1 Å². The van der Waals surface area contributed by atoms with E-state index in [-0.39, 0.29) is 23.5 Å². The van der Waals surface area contributed by atoms with E-state index in [1.165, 1.54) is 4.90 Å². The smallest absolute Gasteiger partial charge is 0.411 e. The molecule has 1 aliphatic rings. The third-order valence-electron chi connectivity index (χ3n) is 3.73. The first-order valence-electron chi connectivity index (χ1n) is 8.63. The normalized spacial score (nSPS) is 19.9. The molecule has 1 fully saturated rings. The maximum atomic E-state index is 12.5. The molecule has 6 nitrogen and oxygen atoms in total. The zero-order valence-corrected chi connectivity index (χ0v) is 16.4. The first-order valence-corrected chi connectivity index (χ1v) is 9.51. The molecule has 1 aliphatic heterocycles. The summed E-state index contributed by atoms with van der Waals surface area (Å²) in [6.07, 6.45) is -0.202. The van der Waals surface area contributed by atoms with Crippen molar-refractivity contribution in [3.8, 4) is 0 Å². The van der Waals surface area contributed by atoms with E-state index >= 15 is 0 Å². The van der Waals surface area contributed by atoms with Crippen LogP contribution >= 0.6 is 11.8 Å². The molecule has 2 atom stereocenters. The van der Waals surface area contributed by atoms with Crippen molar-refractivity contribution in [1.82, 2.24) is 4.90 Å². The molecule has 142 valence electrons. The standard InChI is InChI=1S/C19H25NO5S/c1-5-24-16(21)15-11-14(12-20(15)18(23)25-19(2,3)4)26-17(22)13-9-7-6-8-10-13/h6-10,14-15H,5,11-12H2,1-4H3/t14-,15+/m1/s1. The summed E-state index contributed by atoms with van der Waals surface area (Å²) in [6.45, 7) is 7.53. The highest BCUT2D eigenvalue weighted by molar-refractivity contribution is 8.14. The number of likely N-dealkylation sites (tertiary alicyclic amines) is 1. The van der Waals surface area contributed by atoms with Gasteiger partial charge in [0.05, 0.1) is 6.61 Å². The van der Waals surface area contributed by atoms with Crippen LogP contribution < -0.4 is 0 Å². The molecular weight excluding hydrogens is 354 g/mol. The minimum Gasteiger partial charge on any atom is -0.464 e. The summed E-state index contributed by atoms with van der Waals surface area (Å²) in [7, 11) is 0. The number of ether oxygens (including phenoxy) is 2. The number of carbonyl (C=O) groups is 3. The third kappa shape index (κ3) is 5.49. The van der Waals surface area contributed by atoms with Crippen LogP contribution in [0.1, 0.15) is 44.5 Å². The van der Waals surface area contributed by atoms with Crippen LogP contribution in [0, 0.1) is 0 Å². The number of hydrogen-bond donors (Lipinski definition) is 0. The largest absolute Gasteiger partial charge is 0.464 e. The molecule has 0 aliphatic carbocycles. The molecule has 7 heteroatoms. The quantitative estimate of drug-likeness (QED) is 0.746. The van der Waals surface area contributed by atoms with Gasteiger partial charge in [-0.3, -0.25) is 9.69 Å². The van der Waals surface area contributed by atoms with E-state index in [1.807, 2.05) is 6.07 Å². The number of esters is 1. The Morgan fingerprint density at radius 1 is 1.19 bits per heavy atom. The van der Waals surface area contributed by atoms with Crippen molar-refractivity contribution >= 4 is 28.9 Å². The molecular formula is C19H25NO5S. The minimum atomic E-state index is -0.731. The lowest BCUT2D eigenvalue weighted by Crippen LogP contribution is -2.44. The van der Waals surface area contributed by atoms with Crippen LogP contribution in [0.3, 0.4) is 0 Å². The fourth-order valence-corrected chi connectivity index (χ4v) is 3.75. The molecule has 1 aromatic rings. The maximum Gasteiger partial charge on any atom is 0.411 e. The number of nitrogens with zero attached hydrogens (tertiary/aromatic N) is 1. The lowest BCUT2D eigenvalue weighted by atomic mass is 10.2. The molecule has 0 N–H and O–H groups in total. The molecule has 1 aromatic carbocycles. The van der Waals surface area contributed by atoms with Gasteiger partial charge >= 0.3 is 12.1 Å². The van der Waals surface area contributed by atoms with Gasteiger partial charge in [0.25, 0.3) is 0 Å². The molecule has 0 radical (unpaired) electrons. The summed E-state index contributed by atoms with van der Waals surface area (Å²) in [6, 6.07) is 8.22. The number of amides is 1. The van der Waals surface area contributed by atoms with Crippen LogP contribution in [-0.2, 0) is 14.3 Å². The Balaban J connectivity index is 2.10. The van der Waals surface area contributed by atoms with Crippen molar-refractivity contribution in [2.45, 2.75) is 51.0 Å². The number of carbonyl (C=O) groups excluding carboxylic acids is 3. The highest BCUT2D eigenvalue weighted by atomic mass is 32.2. The summed E-state index contributed by atoms with van der Waals surface area (Å²) in [5.74, 6) is -0.464. The lowest BCUT2D eigenvalue weighted by Gasteiger charge is -2.27. The Morgan fingerprint density at radius 2 is 1.85 bits per heavy atom. The first-order chi connectivity index (χ1) is 12.2. The summed E-state index contributed by atoms with van der Waals surface area (Å²) in [5, 5.41) is -0.270. The summed E-state index contributed by atoms with van der Waals surface area (Å²) < 4.78 is 10.5. The topological polar surface area (TPSA) is 72.9 Å². The summed E-state index contributed by atoms with van der Waals surface area (Å²) in [5.41, 5.74) is -0.0672. The molecule has 1 heterocycles. The van der Waals surface area contributed by atoms with Gasteiger partial charge in [0.2, 0.25) is 5.12 Å². The predicted molar refractivity (Wildman–Crippen MR) is 100 cm³/mol. The van der Waals surface area contributed by atoms with Crippen molar-refractivity contribution in [3.63, 3.8) is 0 Å². The Bertz CT molecular complexity index is 656. The molecule has 1 amide bonds. The van der Waals surface area contributed by atoms with Gasteiger partial charge in [0.15, 0.2) is 0 Å². The molecule has 1 saturated heterocycles. The zero-order chi connectivity index (χ0) is 19.3. The highest BCUT2D eigenvalue weighted by Crippen LogP contribution is 2.31. The third-order valence-corrected chi connectivity index (χ3v) is 4.86. The second-order valence-corrected chi connectivity index (χ2v) is 8.30. The second-order valence-electron chi connectivity index (χ2n) is 7.03. The number of rotatable bonds is 4. The molecule has 2 rings (SSSR count). The molecule has 0 spiro atoms. The summed E-state index contributed by atoms with van der Waals surface area (Å²) in [4.78, 5) is 38.5. The van der Waals surface area contributed by atoms with Gasteiger partial charge in [-0.15, -0.1) is 0 Å². The van der Waals surface area contributed by atoms with Crippen molar-refractivity contribution in [3.05, 3.63) is 35.9 Å². The molecule has 0 unspecified atom stereocenters. The molecule has 0 aromatic heterocycles. The fraction of sp³-hybridized carbons (Fsp3) is 0.526. The van der Waals surface area contributed by atoms with Crippen molar-refractivity contribution in [1.29, 1.82) is 0 Å². The Labute approximate surface area is 158 Å².